The van der Waals surface area contributed by atoms with E-state index in [0.29, 0.717) is 15.4 Å². The number of halogens is 2. The van der Waals surface area contributed by atoms with Gasteiger partial charge in [0.1, 0.15) is 30.0 Å². The zero-order valence-electron chi connectivity index (χ0n) is 17.6. The topological polar surface area (TPSA) is 184 Å². The van der Waals surface area contributed by atoms with Crippen LogP contribution in [-0.2, 0) is 14.3 Å². The number of ether oxygens (including phenoxy) is 2. The van der Waals surface area contributed by atoms with E-state index in [1.165, 1.54) is 6.20 Å². The van der Waals surface area contributed by atoms with Gasteiger partial charge in [0.2, 0.25) is 5.91 Å². The first-order chi connectivity index (χ1) is 15.0. The quantitative estimate of drug-likeness (QED) is 0.183. The van der Waals surface area contributed by atoms with Crippen LogP contribution in [0.25, 0.3) is 10.9 Å². The SMILES string of the molecule is CC(=O)N[C@H]1[C@H]([C@@H](O)[C@H](O)CO)O[C@@](Oc2c[nH]c3ccc(Br)c(Cl)c23)(C(=O)[O-])C[C@@H]1O.[Na+]. The van der Waals surface area contributed by atoms with E-state index in [-0.39, 0.29) is 40.3 Å². The van der Waals surface area contributed by atoms with Crippen LogP contribution in [0.4, 0.5) is 0 Å². The summed E-state index contributed by atoms with van der Waals surface area (Å²) in [5, 5.41) is 55.2. The number of fused-ring (bicyclic) bond motifs is 1. The molecule has 0 aliphatic carbocycles. The number of aromatic nitrogens is 1. The molecular formula is C19H21BrClN2NaO9. The number of amides is 1. The summed E-state index contributed by atoms with van der Waals surface area (Å²) in [6.07, 6.45) is -6.30. The first-order valence-corrected chi connectivity index (χ1v) is 10.6. The molecule has 176 valence electrons. The van der Waals surface area contributed by atoms with Gasteiger partial charge in [-0.15, -0.1) is 0 Å². The van der Waals surface area contributed by atoms with Gasteiger partial charge in [0, 0.05) is 24.0 Å². The molecule has 33 heavy (non-hydrogen) atoms. The van der Waals surface area contributed by atoms with Crippen molar-refractivity contribution in [3.63, 3.8) is 0 Å². The number of carbonyl (C=O) groups excluding carboxylic acids is 2. The molecule has 1 aromatic carbocycles. The average Bonchev–Trinajstić information content (AvgIpc) is 3.14. The van der Waals surface area contributed by atoms with Crippen LogP contribution in [0, 0.1) is 0 Å². The van der Waals surface area contributed by atoms with Crippen molar-refractivity contribution in [2.24, 2.45) is 0 Å². The van der Waals surface area contributed by atoms with E-state index in [1.807, 2.05) is 0 Å². The molecule has 1 amide bonds. The number of nitrogens with one attached hydrogen (secondary N) is 2. The van der Waals surface area contributed by atoms with Gasteiger partial charge >= 0.3 is 29.6 Å². The summed E-state index contributed by atoms with van der Waals surface area (Å²) in [6, 6.07) is 2.01. The van der Waals surface area contributed by atoms with Crippen LogP contribution < -0.4 is 44.7 Å². The standard InChI is InChI=1S/C19H22BrClN2O9.Na/c1-7(25)23-15-10(26)4-19(18(29)30,32-17(15)16(28)11(27)6-24)31-12-5-22-9-3-2-8(20)14(21)13(9)12;/h2-3,5,10-11,15-17,22,24,26-28H,4,6H2,1H3,(H,23,25)(H,29,30);/q;+1/p-1/t10-,11+,15+,16-,17+,19+;/m0./s1. The second kappa shape index (κ2) is 11.2. The van der Waals surface area contributed by atoms with Crippen molar-refractivity contribution in [1.82, 2.24) is 10.3 Å². The number of carboxylic acids is 1. The summed E-state index contributed by atoms with van der Waals surface area (Å²) in [5.74, 6) is -5.16. The number of hydrogen-bond donors (Lipinski definition) is 6. The Morgan fingerprint density at radius 2 is 2.12 bits per heavy atom. The molecule has 1 saturated heterocycles. The molecule has 0 bridgehead atoms. The fourth-order valence-corrected chi connectivity index (χ4v) is 4.20. The number of carbonyl (C=O) groups is 2. The maximum atomic E-state index is 12.2. The number of aliphatic hydroxyl groups excluding tert-OH is 4. The van der Waals surface area contributed by atoms with Gasteiger partial charge in [-0.05, 0) is 28.1 Å². The third kappa shape index (κ3) is 5.67. The molecule has 3 rings (SSSR count). The molecule has 0 spiro atoms. The monoisotopic (exact) mass is 558 g/mol. The van der Waals surface area contributed by atoms with Crippen LogP contribution in [0.1, 0.15) is 13.3 Å². The summed E-state index contributed by atoms with van der Waals surface area (Å²) < 4.78 is 11.7. The van der Waals surface area contributed by atoms with E-state index in [9.17, 15) is 35.1 Å². The van der Waals surface area contributed by atoms with Crippen LogP contribution >= 0.6 is 27.5 Å². The third-order valence-corrected chi connectivity index (χ3v) is 6.43. The van der Waals surface area contributed by atoms with E-state index >= 15 is 0 Å². The largest absolute Gasteiger partial charge is 1.00 e. The van der Waals surface area contributed by atoms with Gasteiger partial charge in [-0.2, -0.15) is 0 Å². The Morgan fingerprint density at radius 1 is 1.45 bits per heavy atom. The minimum Gasteiger partial charge on any atom is -0.543 e. The van der Waals surface area contributed by atoms with Crippen molar-refractivity contribution in [2.75, 3.05) is 6.61 Å². The first kappa shape index (κ1) is 28.3. The molecule has 6 N–H and O–H groups in total. The maximum absolute atomic E-state index is 12.2. The molecule has 14 heteroatoms. The van der Waals surface area contributed by atoms with Crippen molar-refractivity contribution < 1.29 is 74.2 Å². The van der Waals surface area contributed by atoms with Crippen molar-refractivity contribution >= 4 is 50.3 Å². The Balaban J connectivity index is 0.00000385. The molecular weight excluding hydrogens is 539 g/mol. The van der Waals surface area contributed by atoms with Crippen molar-refractivity contribution in [3.8, 4) is 5.75 Å². The van der Waals surface area contributed by atoms with Crippen molar-refractivity contribution in [2.45, 2.75) is 49.6 Å². The Labute approximate surface area is 223 Å². The zero-order valence-corrected chi connectivity index (χ0v) is 22.0. The number of aliphatic hydroxyl groups is 4. The van der Waals surface area contributed by atoms with Crippen molar-refractivity contribution in [1.29, 1.82) is 0 Å². The average molecular weight is 560 g/mol. The van der Waals surface area contributed by atoms with E-state index in [2.05, 4.69) is 26.2 Å². The Bertz CT molecular complexity index is 1020. The Kier molecular flexibility index (Phi) is 9.61. The number of aliphatic carboxylic acids is 1. The van der Waals surface area contributed by atoms with Crippen LogP contribution in [0.15, 0.2) is 22.8 Å². The number of H-pyrrole nitrogens is 1. The maximum Gasteiger partial charge on any atom is 1.00 e. The molecule has 1 fully saturated rings. The molecule has 1 aliphatic heterocycles. The van der Waals surface area contributed by atoms with Gasteiger partial charge in [0.15, 0.2) is 0 Å². The smallest absolute Gasteiger partial charge is 0.543 e. The zero-order chi connectivity index (χ0) is 23.8. The fraction of sp³-hybridized carbons (Fsp3) is 0.474. The van der Waals surface area contributed by atoms with Crippen LogP contribution in [0.5, 0.6) is 5.75 Å². The Morgan fingerprint density at radius 3 is 2.70 bits per heavy atom. The number of aromatic amines is 1. The van der Waals surface area contributed by atoms with Gasteiger partial charge in [-0.25, -0.2) is 0 Å². The molecule has 11 nitrogen and oxygen atoms in total. The number of carboxylic acid groups (broad SMARTS) is 1. The summed E-state index contributed by atoms with van der Waals surface area (Å²) in [6.45, 7) is 0.247. The molecule has 1 aromatic heterocycles. The van der Waals surface area contributed by atoms with Crippen LogP contribution in [0.3, 0.4) is 0 Å². The predicted molar refractivity (Wildman–Crippen MR) is 112 cm³/mol. The van der Waals surface area contributed by atoms with Gasteiger partial charge < -0.3 is 50.1 Å². The molecule has 6 atom stereocenters. The van der Waals surface area contributed by atoms with Gasteiger partial charge in [0.25, 0.3) is 5.79 Å². The summed E-state index contributed by atoms with van der Waals surface area (Å²) in [5.41, 5.74) is 0.515. The first-order valence-electron chi connectivity index (χ1n) is 9.46. The normalized spacial score (nSPS) is 26.8. The van der Waals surface area contributed by atoms with E-state index in [1.54, 1.807) is 12.1 Å². The molecule has 2 heterocycles. The fourth-order valence-electron chi connectivity index (χ4n) is 3.61. The minimum absolute atomic E-state index is 0. The minimum atomic E-state index is -2.63. The molecule has 0 unspecified atom stereocenters. The van der Waals surface area contributed by atoms with Crippen LogP contribution in [0.2, 0.25) is 5.02 Å². The predicted octanol–water partition coefficient (Wildman–Crippen LogP) is -4.22. The van der Waals surface area contributed by atoms with E-state index in [0.717, 1.165) is 6.92 Å². The second-order valence-corrected chi connectivity index (χ2v) is 8.63. The molecule has 0 saturated carbocycles. The Hall–Kier alpha value is -0.930. The molecule has 1 aliphatic rings. The summed E-state index contributed by atoms with van der Waals surface area (Å²) in [4.78, 5) is 26.6. The summed E-state index contributed by atoms with van der Waals surface area (Å²) >= 11 is 9.58. The van der Waals surface area contributed by atoms with Gasteiger partial charge in [0.05, 0.1) is 34.7 Å². The number of hydrogen-bond acceptors (Lipinski definition) is 9. The van der Waals surface area contributed by atoms with Crippen molar-refractivity contribution in [3.05, 3.63) is 27.8 Å². The van der Waals surface area contributed by atoms with E-state index < -0.39 is 61.1 Å². The number of rotatable bonds is 7. The second-order valence-electron chi connectivity index (χ2n) is 7.40. The van der Waals surface area contributed by atoms with Gasteiger partial charge in [-0.3, -0.25) is 4.79 Å². The van der Waals surface area contributed by atoms with E-state index in [4.69, 9.17) is 21.1 Å². The molecule has 0 radical (unpaired) electrons. The third-order valence-electron chi connectivity index (χ3n) is 5.15. The van der Waals surface area contributed by atoms with Gasteiger partial charge in [-0.1, -0.05) is 11.6 Å². The summed E-state index contributed by atoms with van der Waals surface area (Å²) in [7, 11) is 0. The number of benzene rings is 1. The molecule has 2 aromatic rings. The van der Waals surface area contributed by atoms with Crippen LogP contribution in [-0.4, -0.2) is 80.1 Å².